The Kier molecular flexibility index (Phi) is 6.22. The highest BCUT2D eigenvalue weighted by molar-refractivity contribution is 7.89. The summed E-state index contributed by atoms with van der Waals surface area (Å²) >= 11 is 0. The molecule has 1 atom stereocenters. The molecule has 0 radical (unpaired) electrons. The van der Waals surface area contributed by atoms with Crippen LogP contribution in [0.1, 0.15) is 42.9 Å². The van der Waals surface area contributed by atoms with Gasteiger partial charge in [0.1, 0.15) is 0 Å². The normalized spacial score (nSPS) is 19.6. The van der Waals surface area contributed by atoms with Gasteiger partial charge >= 0.3 is 0 Å². The summed E-state index contributed by atoms with van der Waals surface area (Å²) in [5.74, 6) is -0.103. The van der Waals surface area contributed by atoms with Crippen LogP contribution in [0.5, 0.6) is 0 Å². The molecule has 1 heterocycles. The summed E-state index contributed by atoms with van der Waals surface area (Å²) in [5.41, 5.74) is 3.28. The molecule has 2 aliphatic rings. The molecule has 0 bridgehead atoms. The van der Waals surface area contributed by atoms with Gasteiger partial charge in [-0.3, -0.25) is 9.69 Å². The molecule has 1 fully saturated rings. The fourth-order valence-electron chi connectivity index (χ4n) is 4.49. The minimum absolute atomic E-state index is 0.103. The van der Waals surface area contributed by atoms with Gasteiger partial charge in [-0.05, 0) is 68.1 Å². The van der Waals surface area contributed by atoms with E-state index in [1.54, 1.807) is 28.6 Å². The predicted octanol–water partition coefficient (Wildman–Crippen LogP) is 3.42. The van der Waals surface area contributed by atoms with E-state index >= 15 is 0 Å². The number of likely N-dealkylation sites (N-methyl/N-ethyl adjacent to an activating group) is 1. The fraction of sp³-hybridized carbons (Fsp3) is 0.435. The summed E-state index contributed by atoms with van der Waals surface area (Å²) in [6, 6.07) is 15.1. The second kappa shape index (κ2) is 8.88. The van der Waals surface area contributed by atoms with Gasteiger partial charge in [-0.15, -0.1) is 0 Å². The van der Waals surface area contributed by atoms with E-state index in [9.17, 15) is 13.2 Å². The third-order valence-corrected chi connectivity index (χ3v) is 8.03. The Morgan fingerprint density at radius 2 is 1.77 bits per heavy atom. The lowest BCUT2D eigenvalue weighted by molar-refractivity contribution is -0.117. The molecular weight excluding hydrogens is 398 g/mol. The molecule has 30 heavy (non-hydrogen) atoms. The van der Waals surface area contributed by atoms with Gasteiger partial charge in [0.25, 0.3) is 0 Å². The van der Waals surface area contributed by atoms with E-state index in [4.69, 9.17) is 0 Å². The van der Waals surface area contributed by atoms with Crippen LogP contribution < -0.4 is 5.32 Å². The van der Waals surface area contributed by atoms with Gasteiger partial charge in [0.2, 0.25) is 15.9 Å². The summed E-state index contributed by atoms with van der Waals surface area (Å²) in [5, 5.41) is 2.89. The topological polar surface area (TPSA) is 69.7 Å². The smallest absolute Gasteiger partial charge is 0.243 e. The van der Waals surface area contributed by atoms with E-state index in [0.717, 1.165) is 32.1 Å². The SMILES string of the molecule is CN(CC(=O)Nc1ccc(S(=O)(=O)N2CCCCC2)cc1)[C@H]1CCc2ccccc21. The lowest BCUT2D eigenvalue weighted by Crippen LogP contribution is -2.35. The summed E-state index contributed by atoms with van der Waals surface area (Å²) in [7, 11) is -1.48. The molecule has 1 N–H and O–H groups in total. The molecule has 1 amide bonds. The van der Waals surface area contributed by atoms with Crippen LogP contribution in [0.2, 0.25) is 0 Å². The van der Waals surface area contributed by atoms with Gasteiger partial charge in [-0.2, -0.15) is 4.31 Å². The number of aryl methyl sites for hydroxylation is 1. The zero-order valence-electron chi connectivity index (χ0n) is 17.4. The monoisotopic (exact) mass is 427 g/mol. The third kappa shape index (κ3) is 4.43. The van der Waals surface area contributed by atoms with Gasteiger partial charge < -0.3 is 5.32 Å². The molecule has 0 spiro atoms. The van der Waals surface area contributed by atoms with E-state index < -0.39 is 10.0 Å². The van der Waals surface area contributed by atoms with Crippen LogP contribution in [0.25, 0.3) is 0 Å². The Labute approximate surface area is 178 Å². The van der Waals surface area contributed by atoms with Crippen LogP contribution in [-0.2, 0) is 21.2 Å². The highest BCUT2D eigenvalue weighted by atomic mass is 32.2. The fourth-order valence-corrected chi connectivity index (χ4v) is 6.01. The number of carbonyl (C=O) groups excluding carboxylic acids is 1. The van der Waals surface area contributed by atoms with E-state index in [2.05, 4.69) is 28.4 Å². The second-order valence-electron chi connectivity index (χ2n) is 8.21. The number of hydrogen-bond acceptors (Lipinski definition) is 4. The maximum Gasteiger partial charge on any atom is 0.243 e. The zero-order chi connectivity index (χ0) is 21.1. The molecule has 2 aromatic carbocycles. The minimum atomic E-state index is -3.45. The molecule has 6 nitrogen and oxygen atoms in total. The largest absolute Gasteiger partial charge is 0.325 e. The average molecular weight is 428 g/mol. The van der Waals surface area contributed by atoms with Crippen LogP contribution in [0.3, 0.4) is 0 Å². The van der Waals surface area contributed by atoms with Crippen LogP contribution in [0.4, 0.5) is 5.69 Å². The van der Waals surface area contributed by atoms with Crippen molar-refractivity contribution < 1.29 is 13.2 Å². The number of piperidine rings is 1. The summed E-state index contributed by atoms with van der Waals surface area (Å²) in [4.78, 5) is 14.9. The zero-order valence-corrected chi connectivity index (χ0v) is 18.2. The van der Waals surface area contributed by atoms with Crippen molar-refractivity contribution in [2.24, 2.45) is 0 Å². The summed E-state index contributed by atoms with van der Waals surface area (Å²) in [6.07, 6.45) is 4.96. The molecule has 0 saturated carbocycles. The Hall–Kier alpha value is -2.22. The van der Waals surface area contributed by atoms with E-state index in [-0.39, 0.29) is 23.4 Å². The van der Waals surface area contributed by atoms with Gasteiger partial charge in [0, 0.05) is 24.8 Å². The van der Waals surface area contributed by atoms with Crippen molar-refractivity contribution in [3.8, 4) is 0 Å². The molecular formula is C23H29N3O3S. The lowest BCUT2D eigenvalue weighted by Gasteiger charge is -2.26. The Morgan fingerprint density at radius 3 is 2.50 bits per heavy atom. The number of amides is 1. The third-order valence-electron chi connectivity index (χ3n) is 6.12. The van der Waals surface area contributed by atoms with Gasteiger partial charge in [0.05, 0.1) is 11.4 Å². The summed E-state index contributed by atoms with van der Waals surface area (Å²) in [6.45, 7) is 1.45. The number of nitrogens with zero attached hydrogens (tertiary/aromatic N) is 2. The Morgan fingerprint density at radius 1 is 1.07 bits per heavy atom. The van der Waals surface area contributed by atoms with Crippen molar-refractivity contribution in [3.05, 3.63) is 59.7 Å². The molecule has 160 valence electrons. The first-order valence-corrected chi connectivity index (χ1v) is 12.1. The number of hydrogen-bond donors (Lipinski definition) is 1. The van der Waals surface area contributed by atoms with Crippen LogP contribution >= 0.6 is 0 Å². The second-order valence-corrected chi connectivity index (χ2v) is 10.1. The number of benzene rings is 2. The van der Waals surface area contributed by atoms with Crippen LogP contribution in [0.15, 0.2) is 53.4 Å². The van der Waals surface area contributed by atoms with Gasteiger partial charge in [0.15, 0.2) is 0 Å². The predicted molar refractivity (Wildman–Crippen MR) is 118 cm³/mol. The molecule has 1 aliphatic heterocycles. The molecule has 7 heteroatoms. The number of nitrogens with one attached hydrogen (secondary N) is 1. The molecule has 1 saturated heterocycles. The highest BCUT2D eigenvalue weighted by Crippen LogP contribution is 2.34. The molecule has 2 aromatic rings. The summed E-state index contributed by atoms with van der Waals surface area (Å²) < 4.78 is 27.0. The Bertz CT molecular complexity index is 999. The Balaban J connectivity index is 1.36. The number of sulfonamides is 1. The van der Waals surface area contributed by atoms with Crippen molar-refractivity contribution in [2.45, 2.75) is 43.0 Å². The number of carbonyl (C=O) groups is 1. The number of anilines is 1. The van der Waals surface area contributed by atoms with Crippen molar-refractivity contribution in [3.63, 3.8) is 0 Å². The van der Waals surface area contributed by atoms with Crippen LogP contribution in [-0.4, -0.2) is 50.2 Å². The maximum atomic E-state index is 12.7. The van der Waals surface area contributed by atoms with Gasteiger partial charge in [-0.25, -0.2) is 8.42 Å². The van der Waals surface area contributed by atoms with Gasteiger partial charge in [-0.1, -0.05) is 30.7 Å². The quantitative estimate of drug-likeness (QED) is 0.767. The standard InChI is InChI=1S/C23H29N3O3S/c1-25(22-14-9-18-7-3-4-8-21(18)22)17-23(27)24-19-10-12-20(13-11-19)30(28,29)26-15-5-2-6-16-26/h3-4,7-8,10-13,22H,2,5-6,9,14-17H2,1H3,(H,24,27)/t22-/m0/s1. The average Bonchev–Trinajstić information content (AvgIpc) is 3.19. The first-order valence-electron chi connectivity index (χ1n) is 10.6. The molecule has 4 rings (SSSR count). The van der Waals surface area contributed by atoms with E-state index in [1.807, 2.05) is 13.1 Å². The highest BCUT2D eigenvalue weighted by Gasteiger charge is 2.27. The lowest BCUT2D eigenvalue weighted by atomic mass is 10.1. The number of fused-ring (bicyclic) bond motifs is 1. The van der Waals surface area contributed by atoms with Crippen molar-refractivity contribution in [1.82, 2.24) is 9.21 Å². The number of rotatable bonds is 6. The first-order chi connectivity index (χ1) is 14.4. The van der Waals surface area contributed by atoms with E-state index in [1.165, 1.54) is 11.1 Å². The van der Waals surface area contributed by atoms with Crippen molar-refractivity contribution in [1.29, 1.82) is 0 Å². The minimum Gasteiger partial charge on any atom is -0.325 e. The molecule has 0 unspecified atom stereocenters. The molecule has 1 aliphatic carbocycles. The van der Waals surface area contributed by atoms with Crippen molar-refractivity contribution in [2.75, 3.05) is 32.0 Å². The van der Waals surface area contributed by atoms with Crippen LogP contribution in [0, 0.1) is 0 Å². The van der Waals surface area contributed by atoms with Crippen molar-refractivity contribution >= 4 is 21.6 Å². The first kappa shape index (κ1) is 21.0. The molecule has 0 aromatic heterocycles. The van der Waals surface area contributed by atoms with E-state index in [0.29, 0.717) is 18.8 Å². The maximum absolute atomic E-state index is 12.7.